The van der Waals surface area contributed by atoms with Gasteiger partial charge in [-0.3, -0.25) is 4.90 Å². The molecule has 1 aliphatic carbocycles. The van der Waals surface area contributed by atoms with Crippen LogP contribution >= 0.6 is 0 Å². The van der Waals surface area contributed by atoms with E-state index >= 15 is 0 Å². The lowest BCUT2D eigenvalue weighted by atomic mass is 9.93. The zero-order valence-electron chi connectivity index (χ0n) is 19.3. The fraction of sp³-hybridized carbons (Fsp3) is 0.300. The number of ether oxygens (including phenoxy) is 1. The van der Waals surface area contributed by atoms with Gasteiger partial charge in [-0.2, -0.15) is 0 Å². The van der Waals surface area contributed by atoms with Gasteiger partial charge in [0, 0.05) is 12.0 Å². The lowest BCUT2D eigenvalue weighted by Crippen LogP contribution is -2.43. The molecule has 0 aromatic heterocycles. The Kier molecular flexibility index (Phi) is 4.86. The van der Waals surface area contributed by atoms with E-state index < -0.39 is 0 Å². The van der Waals surface area contributed by atoms with Crippen molar-refractivity contribution < 1.29 is 9.53 Å². The van der Waals surface area contributed by atoms with Crippen molar-refractivity contribution in [3.63, 3.8) is 0 Å². The number of aryl methyl sites for hydroxylation is 2. The summed E-state index contributed by atoms with van der Waals surface area (Å²) in [6.45, 7) is 4.70. The van der Waals surface area contributed by atoms with Crippen molar-refractivity contribution in [2.75, 3.05) is 6.61 Å². The molecule has 6 rings (SSSR count). The summed E-state index contributed by atoms with van der Waals surface area (Å²) in [6.07, 6.45) is 5.10. The Bertz CT molecular complexity index is 1230. The summed E-state index contributed by atoms with van der Waals surface area (Å²) in [5, 5.41) is 0. The summed E-state index contributed by atoms with van der Waals surface area (Å²) >= 11 is 0. The van der Waals surface area contributed by atoms with E-state index in [4.69, 9.17) is 4.74 Å². The van der Waals surface area contributed by atoms with Crippen LogP contribution in [0.3, 0.4) is 0 Å². The first-order valence-electron chi connectivity index (χ1n) is 12.0. The summed E-state index contributed by atoms with van der Waals surface area (Å²) in [5.41, 5.74) is 10.3. The Hall–Kier alpha value is -3.33. The molecule has 33 heavy (non-hydrogen) atoms. The van der Waals surface area contributed by atoms with E-state index in [2.05, 4.69) is 86.7 Å². The monoisotopic (exact) mass is 435 g/mol. The van der Waals surface area contributed by atoms with Crippen molar-refractivity contribution in [2.45, 2.75) is 51.1 Å². The van der Waals surface area contributed by atoms with Gasteiger partial charge in [0.1, 0.15) is 6.61 Å². The fourth-order valence-corrected chi connectivity index (χ4v) is 5.94. The highest BCUT2D eigenvalue weighted by atomic mass is 16.6. The van der Waals surface area contributed by atoms with Gasteiger partial charge >= 0.3 is 6.09 Å². The molecule has 2 unspecified atom stereocenters. The fourth-order valence-electron chi connectivity index (χ4n) is 5.94. The van der Waals surface area contributed by atoms with Crippen molar-refractivity contribution in [2.24, 2.45) is 0 Å². The van der Waals surface area contributed by atoms with Gasteiger partial charge in [0.15, 0.2) is 0 Å². The molecule has 2 atom stereocenters. The first kappa shape index (κ1) is 20.3. The Morgan fingerprint density at radius 3 is 2.27 bits per heavy atom. The zero-order valence-corrected chi connectivity index (χ0v) is 19.3. The number of rotatable bonds is 3. The molecule has 0 spiro atoms. The van der Waals surface area contributed by atoms with Crippen LogP contribution in [0.5, 0.6) is 0 Å². The molecule has 2 heterocycles. The van der Waals surface area contributed by atoms with E-state index in [1.54, 1.807) is 0 Å². The number of fused-ring (bicyclic) bond motifs is 5. The van der Waals surface area contributed by atoms with Crippen LogP contribution in [0.25, 0.3) is 16.7 Å². The first-order valence-corrected chi connectivity index (χ1v) is 12.0. The van der Waals surface area contributed by atoms with E-state index in [1.807, 2.05) is 4.90 Å². The molecule has 2 aliphatic heterocycles. The number of amides is 1. The highest BCUT2D eigenvalue weighted by Crippen LogP contribution is 2.45. The maximum Gasteiger partial charge on any atom is 0.410 e. The standard InChI is InChI=1S/C30H29NO2/c1-19-11-12-21(15-20(19)2)22-16-23-13-14-24(17-22)31(23)30(32)33-18-29-27-9-5-3-7-25(27)26-8-4-6-10-28(26)29/h3-12,15-16,23-24,29H,13-14,17-18H2,1-2H3. The number of carbonyl (C=O) groups is 1. The molecule has 3 aromatic rings. The summed E-state index contributed by atoms with van der Waals surface area (Å²) in [7, 11) is 0. The van der Waals surface area contributed by atoms with Crippen molar-refractivity contribution in [1.29, 1.82) is 0 Å². The van der Waals surface area contributed by atoms with Crippen LogP contribution in [-0.2, 0) is 4.74 Å². The normalized spacial score (nSPS) is 20.9. The van der Waals surface area contributed by atoms with Gasteiger partial charge in [0.2, 0.25) is 0 Å². The topological polar surface area (TPSA) is 29.5 Å². The molecule has 1 saturated heterocycles. The predicted molar refractivity (Wildman–Crippen MR) is 132 cm³/mol. The largest absolute Gasteiger partial charge is 0.448 e. The number of nitrogens with zero attached hydrogens (tertiary/aromatic N) is 1. The molecule has 3 nitrogen and oxygen atoms in total. The SMILES string of the molecule is Cc1ccc(C2=CC3CCC(C2)N3C(=O)OCC2c3ccccc3-c3ccccc32)cc1C. The van der Waals surface area contributed by atoms with Crippen LogP contribution in [0, 0.1) is 13.8 Å². The van der Waals surface area contributed by atoms with Crippen molar-refractivity contribution >= 4 is 11.7 Å². The minimum Gasteiger partial charge on any atom is -0.448 e. The molecule has 166 valence electrons. The van der Waals surface area contributed by atoms with Crippen LogP contribution in [0.2, 0.25) is 0 Å². The van der Waals surface area contributed by atoms with Crippen molar-refractivity contribution in [3.8, 4) is 11.1 Å². The molecule has 3 aromatic carbocycles. The Balaban J connectivity index is 1.20. The van der Waals surface area contributed by atoms with Crippen LogP contribution in [-0.4, -0.2) is 29.7 Å². The highest BCUT2D eigenvalue weighted by Gasteiger charge is 2.41. The average Bonchev–Trinajstić information content (AvgIpc) is 3.30. The minimum atomic E-state index is -0.167. The Labute approximate surface area is 195 Å². The summed E-state index contributed by atoms with van der Waals surface area (Å²) in [4.78, 5) is 15.3. The molecular weight excluding hydrogens is 406 g/mol. The van der Waals surface area contributed by atoms with Gasteiger partial charge in [-0.1, -0.05) is 72.8 Å². The van der Waals surface area contributed by atoms with Gasteiger partial charge in [0.05, 0.1) is 6.04 Å². The smallest absolute Gasteiger partial charge is 0.410 e. The van der Waals surface area contributed by atoms with Crippen molar-refractivity contribution in [3.05, 3.63) is 101 Å². The van der Waals surface area contributed by atoms with E-state index in [-0.39, 0.29) is 24.1 Å². The van der Waals surface area contributed by atoms with E-state index in [0.29, 0.717) is 6.61 Å². The molecule has 0 saturated carbocycles. The van der Waals surface area contributed by atoms with E-state index in [0.717, 1.165) is 19.3 Å². The Morgan fingerprint density at radius 1 is 0.909 bits per heavy atom. The zero-order chi connectivity index (χ0) is 22.5. The number of carbonyl (C=O) groups excluding carboxylic acids is 1. The van der Waals surface area contributed by atoms with E-state index in [1.165, 1.54) is 44.5 Å². The average molecular weight is 436 g/mol. The molecule has 0 radical (unpaired) electrons. The van der Waals surface area contributed by atoms with Crippen LogP contribution in [0.4, 0.5) is 4.79 Å². The third-order valence-corrected chi connectivity index (χ3v) is 7.82. The van der Waals surface area contributed by atoms with Gasteiger partial charge in [-0.15, -0.1) is 0 Å². The van der Waals surface area contributed by atoms with Crippen molar-refractivity contribution in [1.82, 2.24) is 4.90 Å². The highest BCUT2D eigenvalue weighted by molar-refractivity contribution is 5.79. The van der Waals surface area contributed by atoms with Crippen LogP contribution in [0.1, 0.15) is 53.0 Å². The molecule has 1 fully saturated rings. The van der Waals surface area contributed by atoms with Crippen LogP contribution < -0.4 is 0 Å². The number of benzene rings is 3. The first-order chi connectivity index (χ1) is 16.1. The maximum absolute atomic E-state index is 13.3. The lowest BCUT2D eigenvalue weighted by molar-refractivity contribution is 0.0866. The summed E-state index contributed by atoms with van der Waals surface area (Å²) < 4.78 is 5.99. The maximum atomic E-state index is 13.3. The third kappa shape index (κ3) is 3.38. The quantitative estimate of drug-likeness (QED) is 0.449. The molecular formula is C30H29NO2. The minimum absolute atomic E-state index is 0.102. The summed E-state index contributed by atoms with van der Waals surface area (Å²) in [6, 6.07) is 24.0. The Morgan fingerprint density at radius 2 is 1.61 bits per heavy atom. The number of hydrogen-bond acceptors (Lipinski definition) is 2. The number of hydrogen-bond donors (Lipinski definition) is 0. The van der Waals surface area contributed by atoms with Crippen LogP contribution in [0.15, 0.2) is 72.8 Å². The third-order valence-electron chi connectivity index (χ3n) is 7.82. The summed E-state index contributed by atoms with van der Waals surface area (Å²) in [5.74, 6) is 0.102. The lowest BCUT2D eigenvalue weighted by Gasteiger charge is -2.33. The van der Waals surface area contributed by atoms with Gasteiger partial charge < -0.3 is 4.74 Å². The predicted octanol–water partition coefficient (Wildman–Crippen LogP) is 6.87. The van der Waals surface area contributed by atoms with Gasteiger partial charge in [0.25, 0.3) is 0 Å². The second-order valence-corrected chi connectivity index (χ2v) is 9.70. The molecule has 3 aliphatic rings. The second-order valence-electron chi connectivity index (χ2n) is 9.70. The van der Waals surface area contributed by atoms with Gasteiger partial charge in [-0.05, 0) is 77.6 Å². The molecule has 1 amide bonds. The van der Waals surface area contributed by atoms with E-state index in [9.17, 15) is 4.79 Å². The molecule has 3 heteroatoms. The van der Waals surface area contributed by atoms with Gasteiger partial charge in [-0.25, -0.2) is 4.79 Å². The second kappa shape index (κ2) is 7.91. The molecule has 2 bridgehead atoms. The molecule has 0 N–H and O–H groups in total.